The van der Waals surface area contributed by atoms with E-state index in [-0.39, 0.29) is 17.4 Å². The Labute approximate surface area is 215 Å². The molecule has 1 fully saturated rings. The quantitative estimate of drug-likeness (QED) is 0.133. The Morgan fingerprint density at radius 2 is 1.76 bits per heavy atom. The third-order valence-electron chi connectivity index (χ3n) is 6.70. The van der Waals surface area contributed by atoms with Gasteiger partial charge in [-0.1, -0.05) is 43.9 Å². The molecule has 1 aliphatic carbocycles. The van der Waals surface area contributed by atoms with Gasteiger partial charge in [0, 0.05) is 15.9 Å². The zero-order valence-corrected chi connectivity index (χ0v) is 22.9. The van der Waals surface area contributed by atoms with Crippen molar-refractivity contribution in [1.29, 1.82) is 0 Å². The summed E-state index contributed by atoms with van der Waals surface area (Å²) in [5.41, 5.74) is 2.68. The summed E-state index contributed by atoms with van der Waals surface area (Å²) in [6.07, 6.45) is 10.2. The lowest BCUT2D eigenvalue weighted by Crippen LogP contribution is -2.29. The van der Waals surface area contributed by atoms with Crippen LogP contribution in [0.15, 0.2) is 51.8 Å². The molecule has 1 saturated carbocycles. The van der Waals surface area contributed by atoms with Gasteiger partial charge in [0.15, 0.2) is 0 Å². The fourth-order valence-electron chi connectivity index (χ4n) is 4.88. The zero-order chi connectivity index (χ0) is 24.4. The van der Waals surface area contributed by atoms with Crippen LogP contribution in [-0.2, 0) is 16.5 Å². The van der Waals surface area contributed by atoms with Crippen molar-refractivity contribution >= 4 is 35.3 Å². The molecule has 0 saturated heterocycles. The smallest absolute Gasteiger partial charge is 0.324 e. The Morgan fingerprint density at radius 3 is 2.44 bits per heavy atom. The molecule has 0 spiro atoms. The van der Waals surface area contributed by atoms with Crippen LogP contribution in [0.1, 0.15) is 68.9 Å². The van der Waals surface area contributed by atoms with Crippen LogP contribution in [0.4, 0.5) is 4.39 Å². The van der Waals surface area contributed by atoms with E-state index in [2.05, 4.69) is 39.4 Å². The molecule has 2 aromatic rings. The highest BCUT2D eigenvalue weighted by molar-refractivity contribution is 9.10. The maximum absolute atomic E-state index is 13.4. The Bertz CT molecular complexity index is 948. The molecular formula is C26H36BrFNO3PS. The number of hydrogen-bond acceptors (Lipinski definition) is 3. The van der Waals surface area contributed by atoms with Crippen molar-refractivity contribution < 1.29 is 18.7 Å². The van der Waals surface area contributed by atoms with Gasteiger partial charge in [-0.05, 0) is 101 Å². The number of rotatable bonds is 13. The lowest BCUT2D eigenvalue weighted by Gasteiger charge is -2.38. The van der Waals surface area contributed by atoms with E-state index < -0.39 is 7.60 Å². The van der Waals surface area contributed by atoms with E-state index >= 15 is 0 Å². The normalized spacial score (nSPS) is 16.0. The molecule has 0 radical (unpaired) electrons. The molecule has 0 bridgehead atoms. The summed E-state index contributed by atoms with van der Waals surface area (Å²) in [5.74, 6) is 0.913. The molecule has 0 aliphatic heterocycles. The highest BCUT2D eigenvalue weighted by Crippen LogP contribution is 2.43. The minimum absolute atomic E-state index is 0.0791. The molecule has 8 heteroatoms. The van der Waals surface area contributed by atoms with Crippen LogP contribution in [0.25, 0.3) is 0 Å². The van der Waals surface area contributed by atoms with Crippen LogP contribution in [0.2, 0.25) is 0 Å². The van der Waals surface area contributed by atoms with Crippen LogP contribution in [0.5, 0.6) is 0 Å². The van der Waals surface area contributed by atoms with Crippen molar-refractivity contribution in [3.63, 3.8) is 0 Å². The van der Waals surface area contributed by atoms with Gasteiger partial charge in [-0.3, -0.25) is 4.57 Å². The van der Waals surface area contributed by atoms with Crippen molar-refractivity contribution in [3.8, 4) is 0 Å². The third-order valence-corrected chi connectivity index (χ3v) is 9.68. The molecule has 0 unspecified atom stereocenters. The van der Waals surface area contributed by atoms with Crippen molar-refractivity contribution in [2.75, 3.05) is 18.5 Å². The second kappa shape index (κ2) is 13.6. The van der Waals surface area contributed by atoms with E-state index in [1.807, 2.05) is 23.9 Å². The first-order chi connectivity index (χ1) is 16.3. The third kappa shape index (κ3) is 9.07. The molecule has 0 amide bonds. The lowest BCUT2D eigenvalue weighted by molar-refractivity contribution is 0.267. The standard InChI is InChI=1S/C26H36BrFNO3PS/c27-24-19-21(20-29-16-6-17-33(30,31)32)7-12-25(24)34-18-5-4-15-26(13-2-1-3-14-26)22-8-10-23(28)11-9-22/h7-12,19,29H,1-6,13-18,20H2,(H2,30,31,32). The molecule has 0 atom stereocenters. The van der Waals surface area contributed by atoms with Crippen molar-refractivity contribution in [3.05, 3.63) is 63.9 Å². The molecule has 3 rings (SSSR count). The first-order valence-corrected chi connectivity index (χ1v) is 15.8. The van der Waals surface area contributed by atoms with E-state index in [4.69, 9.17) is 9.79 Å². The van der Waals surface area contributed by atoms with Crippen LogP contribution in [0.3, 0.4) is 0 Å². The summed E-state index contributed by atoms with van der Waals surface area (Å²) in [6.45, 7) is 1.26. The van der Waals surface area contributed by atoms with E-state index in [1.165, 1.54) is 55.4 Å². The van der Waals surface area contributed by atoms with Gasteiger partial charge >= 0.3 is 7.60 Å². The first kappa shape index (κ1) is 27.9. The molecule has 0 aromatic heterocycles. The SMILES string of the molecule is O=P(O)(O)CCCNCc1ccc(SCCCCC2(c3ccc(F)cc3)CCCCC2)c(Br)c1. The van der Waals surface area contributed by atoms with Gasteiger partial charge in [0.2, 0.25) is 0 Å². The Kier molecular flexibility index (Phi) is 11.1. The summed E-state index contributed by atoms with van der Waals surface area (Å²) in [4.78, 5) is 19.0. The highest BCUT2D eigenvalue weighted by Gasteiger charge is 2.33. The predicted molar refractivity (Wildman–Crippen MR) is 143 cm³/mol. The number of halogens is 2. The number of nitrogens with one attached hydrogen (secondary N) is 1. The summed E-state index contributed by atoms with van der Waals surface area (Å²) in [6, 6.07) is 13.6. The van der Waals surface area contributed by atoms with Crippen molar-refractivity contribution in [2.24, 2.45) is 0 Å². The maximum Gasteiger partial charge on any atom is 0.325 e. The Balaban J connectivity index is 1.41. The second-order valence-corrected chi connectivity index (χ2v) is 13.1. The summed E-state index contributed by atoms with van der Waals surface area (Å²) >= 11 is 5.56. The van der Waals surface area contributed by atoms with E-state index in [9.17, 15) is 8.96 Å². The topological polar surface area (TPSA) is 69.6 Å². The molecular weight excluding hydrogens is 536 g/mol. The Hall–Kier alpha value is -0.690. The fourth-order valence-corrected chi connectivity index (χ4v) is 7.15. The minimum atomic E-state index is -3.90. The molecule has 0 heterocycles. The van der Waals surface area contributed by atoms with Crippen LogP contribution >= 0.6 is 35.3 Å². The van der Waals surface area contributed by atoms with Gasteiger partial charge < -0.3 is 15.1 Å². The monoisotopic (exact) mass is 571 g/mol. The average Bonchev–Trinajstić information content (AvgIpc) is 2.80. The van der Waals surface area contributed by atoms with Crippen molar-refractivity contribution in [2.45, 2.75) is 74.6 Å². The van der Waals surface area contributed by atoms with E-state index in [0.717, 1.165) is 22.2 Å². The number of unbranched alkanes of at least 4 members (excludes halogenated alkanes) is 1. The lowest BCUT2D eigenvalue weighted by atomic mass is 9.67. The molecule has 188 valence electrons. The molecule has 1 aliphatic rings. The largest absolute Gasteiger partial charge is 0.325 e. The van der Waals surface area contributed by atoms with E-state index in [1.54, 1.807) is 12.1 Å². The number of benzene rings is 2. The minimum Gasteiger partial charge on any atom is -0.324 e. The molecule has 4 nitrogen and oxygen atoms in total. The predicted octanol–water partition coefficient (Wildman–Crippen LogP) is 7.41. The van der Waals surface area contributed by atoms with Gasteiger partial charge in [0.05, 0.1) is 6.16 Å². The van der Waals surface area contributed by atoms with Gasteiger partial charge in [0.1, 0.15) is 5.82 Å². The van der Waals surface area contributed by atoms with Crippen LogP contribution in [-0.4, -0.2) is 28.2 Å². The second-order valence-electron chi connectivity index (χ2n) is 9.34. The Morgan fingerprint density at radius 1 is 1.03 bits per heavy atom. The molecule has 3 N–H and O–H groups in total. The molecule has 34 heavy (non-hydrogen) atoms. The van der Waals surface area contributed by atoms with Crippen molar-refractivity contribution in [1.82, 2.24) is 5.32 Å². The average molecular weight is 573 g/mol. The van der Waals surface area contributed by atoms with Gasteiger partial charge in [0.25, 0.3) is 0 Å². The maximum atomic E-state index is 13.4. The van der Waals surface area contributed by atoms with Crippen LogP contribution in [0, 0.1) is 5.82 Å². The fraction of sp³-hybridized carbons (Fsp3) is 0.538. The number of thioether (sulfide) groups is 1. The zero-order valence-electron chi connectivity index (χ0n) is 19.6. The summed E-state index contributed by atoms with van der Waals surface area (Å²) in [5, 5.41) is 3.24. The van der Waals surface area contributed by atoms with Gasteiger partial charge in [-0.2, -0.15) is 0 Å². The van der Waals surface area contributed by atoms with Gasteiger partial charge in [-0.25, -0.2) is 4.39 Å². The van der Waals surface area contributed by atoms with E-state index in [0.29, 0.717) is 19.5 Å². The number of hydrogen-bond donors (Lipinski definition) is 3. The first-order valence-electron chi connectivity index (χ1n) is 12.2. The highest BCUT2D eigenvalue weighted by atomic mass is 79.9. The summed E-state index contributed by atoms with van der Waals surface area (Å²) < 4.78 is 25.4. The molecule has 2 aromatic carbocycles. The van der Waals surface area contributed by atoms with Crippen LogP contribution < -0.4 is 5.32 Å². The summed E-state index contributed by atoms with van der Waals surface area (Å²) in [7, 11) is -3.90. The van der Waals surface area contributed by atoms with Gasteiger partial charge in [-0.15, -0.1) is 11.8 Å².